The Morgan fingerprint density at radius 2 is 1.34 bits per heavy atom. The molecule has 9 heteroatoms. The molecule has 172 valence electrons. The summed E-state index contributed by atoms with van der Waals surface area (Å²) in [6, 6.07) is 8.11. The molecule has 0 fully saturated rings. The average Bonchev–Trinajstić information content (AvgIpc) is 2.81. The molecule has 1 atom stereocenters. The lowest BCUT2D eigenvalue weighted by molar-refractivity contribution is 0.0981. The minimum absolute atomic E-state index is 0.0501. The fourth-order valence-electron chi connectivity index (χ4n) is 3.11. The fraction of sp³-hybridized carbons (Fsp3) is 0.391. The molecule has 0 aromatic heterocycles. The molecule has 0 radical (unpaired) electrons. The highest BCUT2D eigenvalue weighted by atomic mass is 31.1. The van der Waals surface area contributed by atoms with Crippen LogP contribution >= 0.6 is 7.80 Å². The van der Waals surface area contributed by atoms with E-state index >= 15 is 0 Å². The molecule has 2 rings (SSSR count). The molecule has 32 heavy (non-hydrogen) atoms. The molecule has 0 heterocycles. The summed E-state index contributed by atoms with van der Waals surface area (Å²) < 4.78 is 39.7. The molecule has 0 saturated heterocycles. The maximum absolute atomic E-state index is 13.0. The zero-order valence-corrected chi connectivity index (χ0v) is 19.8. The molecular formula is C23H28O8P+. The quantitative estimate of drug-likeness (QED) is 0.310. The van der Waals surface area contributed by atoms with Gasteiger partial charge in [-0.15, -0.1) is 0 Å². The van der Waals surface area contributed by atoms with E-state index in [1.165, 1.54) is 33.5 Å². The van der Waals surface area contributed by atoms with Crippen molar-refractivity contribution in [1.82, 2.24) is 0 Å². The number of carbonyl (C=O) groups excluding carboxylic acids is 2. The summed E-state index contributed by atoms with van der Waals surface area (Å²) in [6.45, 7) is 4.37. The normalized spacial score (nSPS) is 10.8. The van der Waals surface area contributed by atoms with E-state index in [2.05, 4.69) is 0 Å². The number of benzene rings is 2. The second-order valence-corrected chi connectivity index (χ2v) is 8.09. The van der Waals surface area contributed by atoms with Crippen molar-refractivity contribution < 1.29 is 37.8 Å². The molecule has 0 bridgehead atoms. The maximum Gasteiger partial charge on any atom is 0.420 e. The summed E-state index contributed by atoms with van der Waals surface area (Å²) in [5.74, 6) is 1.26. The van der Waals surface area contributed by atoms with E-state index in [-0.39, 0.29) is 41.0 Å². The van der Waals surface area contributed by atoms with Crippen molar-refractivity contribution in [3.63, 3.8) is 0 Å². The number of ether oxygens (including phenoxy) is 5. The highest BCUT2D eigenvalue weighted by molar-refractivity contribution is 7.64. The zero-order valence-electron chi connectivity index (χ0n) is 18.9. The predicted molar refractivity (Wildman–Crippen MR) is 121 cm³/mol. The number of ketones is 1. The van der Waals surface area contributed by atoms with Gasteiger partial charge in [0.25, 0.3) is 0 Å². The van der Waals surface area contributed by atoms with Crippen LogP contribution in [0.3, 0.4) is 0 Å². The van der Waals surface area contributed by atoms with E-state index in [0.717, 1.165) is 0 Å². The fourth-order valence-corrected chi connectivity index (χ4v) is 4.19. The third kappa shape index (κ3) is 5.77. The molecule has 0 aliphatic heterocycles. The Hall–Kier alpha value is -3.12. The SMILES string of the molecule is CCOc1cccc(OCC)c1C(=O)CC[P+](=O)C(=O)c1c(OC)cc(OC)cc1OC. The van der Waals surface area contributed by atoms with Crippen LogP contribution in [-0.2, 0) is 4.57 Å². The van der Waals surface area contributed by atoms with Crippen molar-refractivity contribution in [2.45, 2.75) is 20.3 Å². The lowest BCUT2D eigenvalue weighted by Gasteiger charge is -2.13. The van der Waals surface area contributed by atoms with Gasteiger partial charge in [0.05, 0.1) is 41.0 Å². The van der Waals surface area contributed by atoms with Crippen molar-refractivity contribution in [2.24, 2.45) is 0 Å². The summed E-state index contributed by atoms with van der Waals surface area (Å²) in [6.07, 6.45) is -0.261. The molecule has 2 aromatic carbocycles. The average molecular weight is 463 g/mol. The van der Waals surface area contributed by atoms with E-state index in [1.54, 1.807) is 18.2 Å². The van der Waals surface area contributed by atoms with E-state index in [1.807, 2.05) is 13.8 Å². The van der Waals surface area contributed by atoms with Crippen LogP contribution in [0.5, 0.6) is 28.7 Å². The summed E-state index contributed by atoms with van der Waals surface area (Å²) in [5, 5.41) is 0. The van der Waals surface area contributed by atoms with Crippen LogP contribution in [0.15, 0.2) is 30.3 Å². The smallest absolute Gasteiger partial charge is 0.420 e. The zero-order chi connectivity index (χ0) is 23.7. The third-order valence-electron chi connectivity index (χ3n) is 4.56. The van der Waals surface area contributed by atoms with Gasteiger partial charge in [-0.05, 0) is 26.0 Å². The van der Waals surface area contributed by atoms with Gasteiger partial charge in [-0.2, -0.15) is 0 Å². The molecule has 2 aromatic rings. The number of Topliss-reactive ketones (excluding diaryl/α,β-unsaturated/α-hetero) is 1. The van der Waals surface area contributed by atoms with Crippen molar-refractivity contribution in [2.75, 3.05) is 40.7 Å². The number of hydrogen-bond donors (Lipinski definition) is 0. The van der Waals surface area contributed by atoms with Gasteiger partial charge >= 0.3 is 13.3 Å². The number of rotatable bonds is 13. The maximum atomic E-state index is 13.0. The second-order valence-electron chi connectivity index (χ2n) is 6.48. The summed E-state index contributed by atoms with van der Waals surface area (Å²) in [4.78, 5) is 25.9. The van der Waals surface area contributed by atoms with Crippen LogP contribution in [0.1, 0.15) is 41.0 Å². The summed E-state index contributed by atoms with van der Waals surface area (Å²) >= 11 is 0. The number of carbonyl (C=O) groups is 2. The van der Waals surface area contributed by atoms with E-state index in [4.69, 9.17) is 23.7 Å². The molecule has 1 unspecified atom stereocenters. The van der Waals surface area contributed by atoms with Crippen LogP contribution in [0, 0.1) is 0 Å². The monoisotopic (exact) mass is 463 g/mol. The molecule has 0 aliphatic rings. The first kappa shape index (κ1) is 25.1. The lowest BCUT2D eigenvalue weighted by atomic mass is 10.1. The molecule has 0 amide bonds. The Morgan fingerprint density at radius 1 is 0.812 bits per heavy atom. The highest BCUT2D eigenvalue weighted by Gasteiger charge is 2.36. The van der Waals surface area contributed by atoms with E-state index in [9.17, 15) is 14.2 Å². The Balaban J connectivity index is 2.25. The van der Waals surface area contributed by atoms with Crippen molar-refractivity contribution >= 4 is 19.1 Å². The predicted octanol–water partition coefficient (Wildman–Crippen LogP) is 4.75. The first-order chi connectivity index (χ1) is 15.4. The van der Waals surface area contributed by atoms with Crippen LogP contribution < -0.4 is 23.7 Å². The first-order valence-corrected chi connectivity index (χ1v) is 11.6. The largest absolute Gasteiger partial charge is 0.496 e. The van der Waals surface area contributed by atoms with Gasteiger partial charge in [0.15, 0.2) is 17.5 Å². The molecule has 0 N–H and O–H groups in total. The first-order valence-electron chi connectivity index (χ1n) is 10.1. The second kappa shape index (κ2) is 12.1. The Kier molecular flexibility index (Phi) is 9.47. The standard InChI is InChI=1S/C23H28O8P/c1-6-30-17-9-8-10-18(31-7-2)21(17)16(24)11-12-32(26)23(25)22-19(28-4)13-15(27-3)14-20(22)29-5/h8-10,13-14H,6-7,11-12H2,1-5H3/q+1. The van der Waals surface area contributed by atoms with Gasteiger partial charge in [-0.25, -0.2) is 4.79 Å². The van der Waals surface area contributed by atoms with Gasteiger partial charge in [-0.1, -0.05) is 10.6 Å². The van der Waals surface area contributed by atoms with Crippen LogP contribution in [0.25, 0.3) is 0 Å². The van der Waals surface area contributed by atoms with E-state index < -0.39 is 13.3 Å². The molecule has 0 spiro atoms. The summed E-state index contributed by atoms with van der Waals surface area (Å²) in [5.41, 5.74) is -0.326. The Bertz CT molecular complexity index is 937. The van der Waals surface area contributed by atoms with Gasteiger partial charge in [0, 0.05) is 12.1 Å². The molecule has 8 nitrogen and oxygen atoms in total. The molecule has 0 aliphatic carbocycles. The van der Waals surface area contributed by atoms with Crippen LogP contribution in [0.4, 0.5) is 0 Å². The van der Waals surface area contributed by atoms with Gasteiger partial charge in [0.2, 0.25) is 0 Å². The minimum Gasteiger partial charge on any atom is -0.496 e. The Morgan fingerprint density at radius 3 is 1.78 bits per heavy atom. The van der Waals surface area contributed by atoms with Gasteiger partial charge in [0.1, 0.15) is 34.3 Å². The van der Waals surface area contributed by atoms with Crippen LogP contribution in [0.2, 0.25) is 0 Å². The lowest BCUT2D eigenvalue weighted by Crippen LogP contribution is -2.09. The summed E-state index contributed by atoms with van der Waals surface area (Å²) in [7, 11) is 1.83. The minimum atomic E-state index is -2.43. The van der Waals surface area contributed by atoms with E-state index in [0.29, 0.717) is 30.5 Å². The number of methoxy groups -OCH3 is 3. The molecular weight excluding hydrogens is 435 g/mol. The highest BCUT2D eigenvalue weighted by Crippen LogP contribution is 2.41. The number of hydrogen-bond acceptors (Lipinski definition) is 8. The van der Waals surface area contributed by atoms with Crippen molar-refractivity contribution in [3.8, 4) is 28.7 Å². The van der Waals surface area contributed by atoms with Crippen LogP contribution in [-0.4, -0.2) is 52.0 Å². The van der Waals surface area contributed by atoms with Gasteiger partial charge < -0.3 is 23.7 Å². The van der Waals surface area contributed by atoms with Gasteiger partial charge in [-0.3, -0.25) is 4.79 Å². The van der Waals surface area contributed by atoms with Crippen molar-refractivity contribution in [3.05, 3.63) is 41.5 Å². The molecule has 0 saturated carbocycles. The third-order valence-corrected chi connectivity index (χ3v) is 5.87. The Labute approximate surface area is 188 Å². The van der Waals surface area contributed by atoms with Crippen molar-refractivity contribution in [1.29, 1.82) is 0 Å². The topological polar surface area (TPSA) is 97.4 Å².